The number of hydrogen-bond donors (Lipinski definition) is 4. The molecule has 2 radical (unpaired) electrons. The van der Waals surface area contributed by atoms with Crippen molar-refractivity contribution in [3.8, 4) is 6.19 Å². The monoisotopic (exact) mass is 650 g/mol. The number of thioether (sulfide) groups is 1. The first-order valence-corrected chi connectivity index (χ1v) is 9.47. The van der Waals surface area contributed by atoms with Crippen LogP contribution in [-0.2, 0) is 20.1 Å². The molecule has 13 nitrogen and oxygen atoms in total. The van der Waals surface area contributed by atoms with Crippen molar-refractivity contribution in [2.45, 2.75) is 31.1 Å². The summed E-state index contributed by atoms with van der Waals surface area (Å²) in [6, 6.07) is 0. The maximum Gasteiger partial charge on any atom is 3.00 e. The number of aromatic nitrogens is 2. The molecule has 0 unspecified atom stereocenters. The Kier molecular flexibility index (Phi) is 16.2. The number of aromatic amines is 1. The number of aliphatic imine (C=N–C) groups is 1. The third-order valence-corrected chi connectivity index (χ3v) is 4.33. The minimum atomic E-state index is -2.97. The van der Waals surface area contributed by atoms with Gasteiger partial charge in [-0.15, -0.1) is 0 Å². The molecule has 15 heteroatoms. The number of nitriles is 1. The van der Waals surface area contributed by atoms with Crippen molar-refractivity contribution >= 4 is 61.8 Å². The normalized spacial score (nSPS) is 10.6. The molecule has 0 aliphatic rings. The summed E-state index contributed by atoms with van der Waals surface area (Å²) in [5, 5.41) is 52.8. The van der Waals surface area contributed by atoms with Gasteiger partial charge in [0.2, 0.25) is 5.96 Å². The molecular weight excluding hydrogens is 629 g/mol. The number of nitrogens with zero attached hydrogens (tertiary/aromatic N) is 3. The first-order valence-electron chi connectivity index (χ1n) is 8.31. The second-order valence-corrected chi connectivity index (χ2v) is 6.78. The van der Waals surface area contributed by atoms with Crippen LogP contribution in [0, 0.1) is 18.4 Å². The fourth-order valence-electron chi connectivity index (χ4n) is 1.86. The van der Waals surface area contributed by atoms with Crippen LogP contribution < -0.4 is 26.0 Å². The fourth-order valence-corrected chi connectivity index (χ4v) is 2.73. The molecule has 0 saturated heterocycles. The van der Waals surface area contributed by atoms with E-state index in [1.165, 1.54) is 0 Å². The van der Waals surface area contributed by atoms with Gasteiger partial charge < -0.3 is 45.1 Å². The van der Waals surface area contributed by atoms with E-state index in [0.717, 1.165) is 29.4 Å². The van der Waals surface area contributed by atoms with Crippen LogP contribution in [0.15, 0.2) is 11.3 Å². The number of rotatable bonds is 10. The van der Waals surface area contributed by atoms with E-state index in [-0.39, 0.29) is 26.2 Å². The van der Waals surface area contributed by atoms with Crippen LogP contribution in [0.2, 0.25) is 0 Å². The molecule has 0 amide bonds. The van der Waals surface area contributed by atoms with Gasteiger partial charge in [-0.2, -0.15) is 17.0 Å². The zero-order chi connectivity index (χ0) is 23.2. The molecule has 1 heterocycles. The number of aliphatic hydroxyl groups is 1. The van der Waals surface area contributed by atoms with Gasteiger partial charge in [0.25, 0.3) is 0 Å². The molecule has 0 bridgehead atoms. The largest absolute Gasteiger partial charge is 3.00 e. The van der Waals surface area contributed by atoms with Crippen LogP contribution in [0.3, 0.4) is 0 Å². The minimum absolute atomic E-state index is 0. The van der Waals surface area contributed by atoms with Gasteiger partial charge in [-0.3, -0.25) is 10.3 Å². The molecule has 1 aromatic heterocycles. The van der Waals surface area contributed by atoms with Gasteiger partial charge in [0.1, 0.15) is 5.60 Å². The van der Waals surface area contributed by atoms with Crippen LogP contribution in [0.4, 0.5) is 0 Å². The SMILES string of the molecule is CN=C(NC#N)NCCSCc1nc[nH]c1C.O=C([O-])CC(O)(CC(=O)[O-])C(=O)[O-].[Bi+3]. The van der Waals surface area contributed by atoms with Gasteiger partial charge in [-0.05, 0) is 6.92 Å². The number of carboxylic acids is 3. The molecule has 0 aliphatic carbocycles. The van der Waals surface area contributed by atoms with Crippen LogP contribution in [0.1, 0.15) is 24.2 Å². The molecule has 168 valence electrons. The van der Waals surface area contributed by atoms with E-state index in [4.69, 9.17) is 10.4 Å². The quantitative estimate of drug-likeness (QED) is 0.0466. The van der Waals surface area contributed by atoms with Crippen molar-refractivity contribution < 1.29 is 34.8 Å². The van der Waals surface area contributed by atoms with Crippen molar-refractivity contribution in [1.29, 1.82) is 5.26 Å². The van der Waals surface area contributed by atoms with Gasteiger partial charge >= 0.3 is 26.2 Å². The molecule has 0 spiro atoms. The number of carbonyl (C=O) groups is 3. The fraction of sp³-hybridized carbons (Fsp3) is 0.500. The van der Waals surface area contributed by atoms with Gasteiger partial charge in [0.05, 0.1) is 18.0 Å². The van der Waals surface area contributed by atoms with Crippen LogP contribution in [0.25, 0.3) is 0 Å². The molecule has 0 fully saturated rings. The number of carbonyl (C=O) groups excluding carboxylic acids is 3. The van der Waals surface area contributed by atoms with E-state index in [0.29, 0.717) is 5.96 Å². The number of aliphatic carboxylic acids is 3. The predicted molar refractivity (Wildman–Crippen MR) is 105 cm³/mol. The summed E-state index contributed by atoms with van der Waals surface area (Å²) in [4.78, 5) is 41.2. The van der Waals surface area contributed by atoms with Crippen LogP contribution in [-0.4, -0.2) is 90.1 Å². The number of guanidine groups is 1. The standard InChI is InChI=1S/C10H16N6S.C6H8O7.Bi/c1-8-9(16-7-15-8)5-17-4-3-13-10(12-2)14-6-11;7-3(8)1-6(13,5(11)12)2-4(9)10;/h7H,3-5H2,1-2H3,(H,15,16)(H2,12,13,14);13H,1-2H2,(H,7,8)(H,9,10)(H,11,12);/q;;+3/p-3. The smallest absolute Gasteiger partial charge is 0.550 e. The van der Waals surface area contributed by atoms with E-state index in [2.05, 4.69) is 25.6 Å². The Morgan fingerprint density at radius 2 is 1.90 bits per heavy atom. The summed E-state index contributed by atoms with van der Waals surface area (Å²) in [6.07, 6.45) is 0.820. The zero-order valence-corrected chi connectivity index (χ0v) is 21.0. The minimum Gasteiger partial charge on any atom is -0.550 e. The first kappa shape index (κ1) is 30.8. The van der Waals surface area contributed by atoms with Gasteiger partial charge in [0.15, 0.2) is 6.19 Å². The number of imidazole rings is 1. The number of H-pyrrole nitrogens is 1. The first-order chi connectivity index (χ1) is 14.1. The van der Waals surface area contributed by atoms with E-state index in [1.807, 2.05) is 13.1 Å². The molecule has 0 aromatic carbocycles. The average molecular weight is 650 g/mol. The molecule has 1 rings (SSSR count). The van der Waals surface area contributed by atoms with Crippen molar-refractivity contribution in [1.82, 2.24) is 20.6 Å². The molecule has 0 saturated carbocycles. The molecule has 4 N–H and O–H groups in total. The van der Waals surface area contributed by atoms with E-state index < -0.39 is 36.4 Å². The van der Waals surface area contributed by atoms with Crippen molar-refractivity contribution in [2.24, 2.45) is 4.99 Å². The Bertz CT molecular complexity index is 780. The van der Waals surface area contributed by atoms with Crippen LogP contribution >= 0.6 is 11.8 Å². The van der Waals surface area contributed by atoms with Crippen LogP contribution in [0.5, 0.6) is 0 Å². The Morgan fingerprint density at radius 3 is 2.29 bits per heavy atom. The van der Waals surface area contributed by atoms with Crippen molar-refractivity contribution in [3.63, 3.8) is 0 Å². The summed E-state index contributed by atoms with van der Waals surface area (Å²) in [5.41, 5.74) is -0.764. The average Bonchev–Trinajstić information content (AvgIpc) is 3.04. The maximum atomic E-state index is 10.1. The van der Waals surface area contributed by atoms with Gasteiger partial charge in [-0.1, -0.05) is 0 Å². The Balaban J connectivity index is 0. The van der Waals surface area contributed by atoms with Crippen molar-refractivity contribution in [3.05, 3.63) is 17.7 Å². The summed E-state index contributed by atoms with van der Waals surface area (Å²) < 4.78 is 0. The number of nitrogens with one attached hydrogen (secondary N) is 3. The Labute approximate surface area is 201 Å². The van der Waals surface area contributed by atoms with E-state index in [1.54, 1.807) is 25.1 Å². The zero-order valence-electron chi connectivity index (χ0n) is 16.7. The van der Waals surface area contributed by atoms with Gasteiger partial charge in [-0.25, -0.2) is 4.98 Å². The maximum absolute atomic E-state index is 10.1. The second kappa shape index (κ2) is 16.3. The van der Waals surface area contributed by atoms with E-state index >= 15 is 0 Å². The summed E-state index contributed by atoms with van der Waals surface area (Å²) in [7, 11) is 1.63. The molecule has 0 aliphatic heterocycles. The molecular formula is C16H21BiN6O7S. The summed E-state index contributed by atoms with van der Waals surface area (Å²) in [6.45, 7) is 2.77. The topological polar surface area (TPSA) is 230 Å². The number of carboxylic acid groups (broad SMARTS) is 3. The Morgan fingerprint density at radius 1 is 1.32 bits per heavy atom. The Hall–Kier alpha value is -2.43. The third kappa shape index (κ3) is 13.5. The second-order valence-electron chi connectivity index (χ2n) is 5.68. The molecule has 0 atom stereocenters. The predicted octanol–water partition coefficient (Wildman–Crippen LogP) is -5.04. The summed E-state index contributed by atoms with van der Waals surface area (Å²) >= 11 is 1.79. The molecule has 1 aromatic rings. The van der Waals surface area contributed by atoms with E-state index in [9.17, 15) is 29.7 Å². The number of aryl methyl sites for hydroxylation is 1. The van der Waals surface area contributed by atoms with Gasteiger partial charge in [0, 0.05) is 55.6 Å². The summed E-state index contributed by atoms with van der Waals surface area (Å²) in [5.74, 6) is -3.66. The molecule has 31 heavy (non-hydrogen) atoms. The van der Waals surface area contributed by atoms with Crippen molar-refractivity contribution in [2.75, 3.05) is 19.3 Å². The third-order valence-electron chi connectivity index (χ3n) is 3.36. The number of hydrogen-bond acceptors (Lipinski definition) is 11.